The summed E-state index contributed by atoms with van der Waals surface area (Å²) in [6.07, 6.45) is 0. The molecular formula is C19H21ClFN3O3S. The van der Waals surface area contributed by atoms with Gasteiger partial charge in [0.05, 0.1) is 10.7 Å². The summed E-state index contributed by atoms with van der Waals surface area (Å²) in [5, 5.41) is 0.0645. The van der Waals surface area contributed by atoms with Gasteiger partial charge in [0.2, 0.25) is 10.0 Å². The molecule has 0 atom stereocenters. The van der Waals surface area contributed by atoms with Gasteiger partial charge in [-0.05, 0) is 30.3 Å². The molecular weight excluding hydrogens is 405 g/mol. The van der Waals surface area contributed by atoms with E-state index in [1.54, 1.807) is 23.1 Å². The fourth-order valence-corrected chi connectivity index (χ4v) is 4.47. The lowest BCUT2D eigenvalue weighted by molar-refractivity contribution is 0.0746. The van der Waals surface area contributed by atoms with Crippen molar-refractivity contribution in [1.29, 1.82) is 0 Å². The van der Waals surface area contributed by atoms with Gasteiger partial charge in [-0.1, -0.05) is 23.7 Å². The van der Waals surface area contributed by atoms with Gasteiger partial charge in [-0.3, -0.25) is 4.79 Å². The van der Waals surface area contributed by atoms with Crippen LogP contribution in [0, 0.1) is 5.82 Å². The van der Waals surface area contributed by atoms with E-state index in [1.165, 1.54) is 38.4 Å². The maximum absolute atomic E-state index is 14.0. The van der Waals surface area contributed by atoms with Gasteiger partial charge in [-0.2, -0.15) is 0 Å². The molecule has 0 aliphatic carbocycles. The molecule has 28 heavy (non-hydrogen) atoms. The molecule has 0 saturated carbocycles. The first kappa shape index (κ1) is 20.6. The number of hydrogen-bond donors (Lipinski definition) is 0. The molecule has 0 radical (unpaired) electrons. The van der Waals surface area contributed by atoms with Crippen molar-refractivity contribution in [2.75, 3.05) is 45.2 Å². The second kappa shape index (κ2) is 8.06. The van der Waals surface area contributed by atoms with E-state index in [1.807, 2.05) is 4.90 Å². The minimum Gasteiger partial charge on any atom is -0.366 e. The van der Waals surface area contributed by atoms with E-state index < -0.39 is 10.0 Å². The van der Waals surface area contributed by atoms with Crippen molar-refractivity contribution in [1.82, 2.24) is 9.21 Å². The molecule has 1 fully saturated rings. The lowest BCUT2D eigenvalue weighted by Gasteiger charge is -2.36. The van der Waals surface area contributed by atoms with Crippen LogP contribution in [-0.4, -0.2) is 63.8 Å². The second-order valence-corrected chi connectivity index (χ2v) is 9.19. The van der Waals surface area contributed by atoms with Gasteiger partial charge in [-0.15, -0.1) is 0 Å². The number of para-hydroxylation sites is 1. The summed E-state index contributed by atoms with van der Waals surface area (Å²) in [6.45, 7) is 1.79. The molecule has 150 valence electrons. The zero-order valence-electron chi connectivity index (χ0n) is 15.6. The SMILES string of the molecule is CN(C)S(=O)(=O)c1cc(C(=O)N2CCN(c3ccccc3F)CC2)ccc1Cl. The van der Waals surface area contributed by atoms with E-state index in [-0.39, 0.29) is 27.2 Å². The van der Waals surface area contributed by atoms with E-state index in [4.69, 9.17) is 11.6 Å². The van der Waals surface area contributed by atoms with Crippen molar-refractivity contribution in [2.45, 2.75) is 4.90 Å². The van der Waals surface area contributed by atoms with Crippen LogP contribution in [0.1, 0.15) is 10.4 Å². The molecule has 6 nitrogen and oxygen atoms in total. The number of piperazine rings is 1. The number of nitrogens with zero attached hydrogens (tertiary/aromatic N) is 3. The molecule has 1 saturated heterocycles. The summed E-state index contributed by atoms with van der Waals surface area (Å²) < 4.78 is 39.8. The predicted octanol–water partition coefficient (Wildman–Crippen LogP) is 2.69. The molecule has 1 aliphatic heterocycles. The van der Waals surface area contributed by atoms with Crippen LogP contribution in [0.5, 0.6) is 0 Å². The van der Waals surface area contributed by atoms with Crippen molar-refractivity contribution >= 4 is 33.2 Å². The first-order valence-corrected chi connectivity index (χ1v) is 10.5. The van der Waals surface area contributed by atoms with Crippen molar-refractivity contribution in [3.63, 3.8) is 0 Å². The zero-order valence-corrected chi connectivity index (χ0v) is 17.2. The summed E-state index contributed by atoms with van der Waals surface area (Å²) in [5.74, 6) is -0.571. The van der Waals surface area contributed by atoms with Crippen molar-refractivity contribution < 1.29 is 17.6 Å². The number of hydrogen-bond acceptors (Lipinski definition) is 4. The first-order valence-electron chi connectivity index (χ1n) is 8.72. The Kier molecular flexibility index (Phi) is 5.92. The number of rotatable bonds is 4. The Bertz CT molecular complexity index is 990. The molecule has 2 aromatic rings. The smallest absolute Gasteiger partial charge is 0.254 e. The van der Waals surface area contributed by atoms with Gasteiger partial charge in [0.15, 0.2) is 0 Å². The van der Waals surface area contributed by atoms with E-state index in [9.17, 15) is 17.6 Å². The third kappa shape index (κ3) is 3.99. The van der Waals surface area contributed by atoms with Crippen LogP contribution in [-0.2, 0) is 10.0 Å². The van der Waals surface area contributed by atoms with Crippen LogP contribution < -0.4 is 4.90 Å². The Morgan fingerprint density at radius 1 is 1.07 bits per heavy atom. The average molecular weight is 426 g/mol. The molecule has 0 bridgehead atoms. The molecule has 1 aliphatic rings. The highest BCUT2D eigenvalue weighted by molar-refractivity contribution is 7.89. The van der Waals surface area contributed by atoms with E-state index >= 15 is 0 Å². The fraction of sp³-hybridized carbons (Fsp3) is 0.316. The molecule has 0 spiro atoms. The average Bonchev–Trinajstić information content (AvgIpc) is 2.68. The Morgan fingerprint density at radius 2 is 1.71 bits per heavy atom. The van der Waals surface area contributed by atoms with Gasteiger partial charge >= 0.3 is 0 Å². The number of amides is 1. The highest BCUT2D eigenvalue weighted by Gasteiger charge is 2.26. The van der Waals surface area contributed by atoms with Crippen LogP contribution >= 0.6 is 11.6 Å². The van der Waals surface area contributed by atoms with Gasteiger partial charge in [0.25, 0.3) is 5.91 Å². The summed E-state index contributed by atoms with van der Waals surface area (Å²) in [4.78, 5) is 16.3. The van der Waals surface area contributed by atoms with Crippen molar-refractivity contribution in [2.24, 2.45) is 0 Å². The predicted molar refractivity (Wildman–Crippen MR) is 107 cm³/mol. The largest absolute Gasteiger partial charge is 0.366 e. The first-order chi connectivity index (χ1) is 13.2. The quantitative estimate of drug-likeness (QED) is 0.755. The normalized spacial score (nSPS) is 15.2. The maximum atomic E-state index is 14.0. The Balaban J connectivity index is 1.77. The summed E-state index contributed by atoms with van der Waals surface area (Å²) in [7, 11) is -0.953. The highest BCUT2D eigenvalue weighted by atomic mass is 35.5. The molecule has 2 aromatic carbocycles. The van der Waals surface area contributed by atoms with Gasteiger partial charge in [0, 0.05) is 45.8 Å². The summed E-state index contributed by atoms with van der Waals surface area (Å²) >= 11 is 6.04. The van der Waals surface area contributed by atoms with Gasteiger partial charge < -0.3 is 9.80 Å². The van der Waals surface area contributed by atoms with Crippen molar-refractivity contribution in [3.05, 3.63) is 58.9 Å². The number of carbonyl (C=O) groups is 1. The molecule has 3 rings (SSSR count). The van der Waals surface area contributed by atoms with Crippen LogP contribution in [0.25, 0.3) is 0 Å². The van der Waals surface area contributed by atoms with Gasteiger partial charge in [0.1, 0.15) is 10.7 Å². The van der Waals surface area contributed by atoms with Gasteiger partial charge in [-0.25, -0.2) is 17.1 Å². The maximum Gasteiger partial charge on any atom is 0.254 e. The van der Waals surface area contributed by atoms with Crippen LogP contribution in [0.2, 0.25) is 5.02 Å². The van der Waals surface area contributed by atoms with E-state index in [0.717, 1.165) is 4.31 Å². The lowest BCUT2D eigenvalue weighted by Crippen LogP contribution is -2.49. The summed E-state index contributed by atoms with van der Waals surface area (Å²) in [5.41, 5.74) is 0.768. The molecule has 0 N–H and O–H groups in total. The molecule has 0 unspecified atom stereocenters. The molecule has 0 aromatic heterocycles. The lowest BCUT2D eigenvalue weighted by atomic mass is 10.1. The Hall–Kier alpha value is -2.16. The van der Waals surface area contributed by atoms with E-state index in [2.05, 4.69) is 0 Å². The number of halogens is 2. The summed E-state index contributed by atoms with van der Waals surface area (Å²) in [6, 6.07) is 10.8. The number of anilines is 1. The number of carbonyl (C=O) groups excluding carboxylic acids is 1. The minimum atomic E-state index is -3.76. The number of sulfonamides is 1. The van der Waals surface area contributed by atoms with Crippen molar-refractivity contribution in [3.8, 4) is 0 Å². The second-order valence-electron chi connectivity index (χ2n) is 6.66. The van der Waals surface area contributed by atoms with Crippen LogP contribution in [0.3, 0.4) is 0 Å². The minimum absolute atomic E-state index is 0.0645. The Morgan fingerprint density at radius 3 is 2.32 bits per heavy atom. The van der Waals surface area contributed by atoms with Crippen LogP contribution in [0.4, 0.5) is 10.1 Å². The molecule has 1 amide bonds. The molecule has 1 heterocycles. The molecule has 9 heteroatoms. The Labute approximate surface area is 169 Å². The third-order valence-electron chi connectivity index (χ3n) is 4.70. The standard InChI is InChI=1S/C19H21ClFN3O3S/c1-22(2)28(26,27)18-13-14(7-8-15(18)20)19(25)24-11-9-23(10-12-24)17-6-4-3-5-16(17)21/h3-8,13H,9-12H2,1-2H3. The fourth-order valence-electron chi connectivity index (χ4n) is 3.07. The zero-order chi connectivity index (χ0) is 20.5. The third-order valence-corrected chi connectivity index (χ3v) is 6.99. The topological polar surface area (TPSA) is 60.9 Å². The van der Waals surface area contributed by atoms with Crippen LogP contribution in [0.15, 0.2) is 47.4 Å². The van der Waals surface area contributed by atoms with E-state index in [0.29, 0.717) is 31.9 Å². The number of benzene rings is 2. The monoisotopic (exact) mass is 425 g/mol. The highest BCUT2D eigenvalue weighted by Crippen LogP contribution is 2.26.